The molecule has 0 bridgehead atoms. The maximum Gasteiger partial charge on any atom is 0.252 e. The largest absolute Gasteiger partial charge is 0.356 e. The molecule has 0 aliphatic rings. The molecule has 2 aromatic rings. The molecule has 0 aliphatic carbocycles. The summed E-state index contributed by atoms with van der Waals surface area (Å²) in [6.07, 6.45) is 3.60. The fourth-order valence-corrected chi connectivity index (χ4v) is 2.11. The first-order valence-corrected chi connectivity index (χ1v) is 6.56. The lowest BCUT2D eigenvalue weighted by Gasteiger charge is -2.10. The van der Waals surface area contributed by atoms with Gasteiger partial charge in [0, 0.05) is 24.4 Å². The summed E-state index contributed by atoms with van der Waals surface area (Å²) < 4.78 is 1.71. The molecule has 0 aliphatic heterocycles. The molecule has 1 amide bonds. The molecule has 6 nitrogen and oxygen atoms in total. The highest BCUT2D eigenvalue weighted by atomic mass is 16.1. The van der Waals surface area contributed by atoms with Crippen LogP contribution in [0, 0.1) is 13.8 Å². The fourth-order valence-electron chi connectivity index (χ4n) is 2.11. The van der Waals surface area contributed by atoms with E-state index < -0.39 is 0 Å². The first-order valence-electron chi connectivity index (χ1n) is 6.56. The van der Waals surface area contributed by atoms with Gasteiger partial charge in [-0.05, 0) is 32.3 Å². The molecular formula is C13H19N5O. The highest BCUT2D eigenvalue weighted by Gasteiger charge is 2.12. The zero-order valence-electron chi connectivity index (χ0n) is 11.6. The number of carbonyl (C=O) groups is 1. The summed E-state index contributed by atoms with van der Waals surface area (Å²) in [6, 6.07) is 0. The third kappa shape index (κ3) is 2.89. The Morgan fingerprint density at radius 2 is 2.21 bits per heavy atom. The molecule has 2 heterocycles. The van der Waals surface area contributed by atoms with Crippen molar-refractivity contribution in [2.75, 3.05) is 6.54 Å². The van der Waals surface area contributed by atoms with E-state index in [4.69, 9.17) is 0 Å². The lowest BCUT2D eigenvalue weighted by molar-refractivity contribution is -0.121. The van der Waals surface area contributed by atoms with Gasteiger partial charge in [-0.25, -0.2) is 9.50 Å². The van der Waals surface area contributed by atoms with Crippen LogP contribution >= 0.6 is 0 Å². The van der Waals surface area contributed by atoms with Crippen molar-refractivity contribution in [2.24, 2.45) is 0 Å². The average molecular weight is 261 g/mol. The Bertz CT molecular complexity index is 590. The number of hydrogen-bond acceptors (Lipinski definition) is 4. The van der Waals surface area contributed by atoms with Crippen molar-refractivity contribution in [1.82, 2.24) is 24.9 Å². The van der Waals surface area contributed by atoms with E-state index in [1.165, 1.54) is 6.33 Å². The Hall–Kier alpha value is -1.98. The van der Waals surface area contributed by atoms with Gasteiger partial charge in [-0.3, -0.25) is 4.79 Å². The van der Waals surface area contributed by atoms with Gasteiger partial charge in [0.15, 0.2) is 0 Å². The normalized spacial score (nSPS) is 10.9. The number of carbonyl (C=O) groups excluding carboxylic acids is 1. The minimum absolute atomic E-state index is 0.0827. The Labute approximate surface area is 112 Å². The Morgan fingerprint density at radius 1 is 1.42 bits per heavy atom. The summed E-state index contributed by atoms with van der Waals surface area (Å²) in [6.45, 7) is 6.70. The number of rotatable bonds is 5. The molecule has 0 spiro atoms. The van der Waals surface area contributed by atoms with Gasteiger partial charge in [0.25, 0.3) is 5.78 Å². The molecule has 102 valence electrons. The average Bonchev–Trinajstić information content (AvgIpc) is 2.84. The van der Waals surface area contributed by atoms with Crippen LogP contribution in [-0.4, -0.2) is 32.0 Å². The van der Waals surface area contributed by atoms with Crippen molar-refractivity contribution in [2.45, 2.75) is 40.0 Å². The topological polar surface area (TPSA) is 72.2 Å². The molecule has 0 radical (unpaired) electrons. The van der Waals surface area contributed by atoms with Crippen LogP contribution in [0.1, 0.15) is 36.7 Å². The molecule has 0 fully saturated rings. The summed E-state index contributed by atoms with van der Waals surface area (Å²) in [5.74, 6) is 0.688. The van der Waals surface area contributed by atoms with Gasteiger partial charge in [0.05, 0.1) is 0 Å². The quantitative estimate of drug-likeness (QED) is 0.877. The summed E-state index contributed by atoms with van der Waals surface area (Å²) in [4.78, 5) is 20.1. The highest BCUT2D eigenvalue weighted by molar-refractivity contribution is 5.76. The molecule has 0 saturated carbocycles. The lowest BCUT2D eigenvalue weighted by Crippen LogP contribution is -2.24. The van der Waals surface area contributed by atoms with E-state index in [1.807, 2.05) is 20.8 Å². The van der Waals surface area contributed by atoms with Gasteiger partial charge in [-0.1, -0.05) is 6.92 Å². The van der Waals surface area contributed by atoms with Gasteiger partial charge >= 0.3 is 0 Å². The Kier molecular flexibility index (Phi) is 4.09. The van der Waals surface area contributed by atoms with Gasteiger partial charge in [0.2, 0.25) is 5.91 Å². The van der Waals surface area contributed by atoms with Gasteiger partial charge in [-0.2, -0.15) is 10.1 Å². The predicted octanol–water partition coefficient (Wildman–Crippen LogP) is 1.20. The van der Waals surface area contributed by atoms with Gasteiger partial charge in [0.1, 0.15) is 6.33 Å². The van der Waals surface area contributed by atoms with Crippen LogP contribution in [0.15, 0.2) is 6.33 Å². The van der Waals surface area contributed by atoms with E-state index in [0.29, 0.717) is 18.6 Å². The smallest absolute Gasteiger partial charge is 0.252 e. The van der Waals surface area contributed by atoms with Crippen LogP contribution in [0.25, 0.3) is 5.78 Å². The molecule has 2 aromatic heterocycles. The highest BCUT2D eigenvalue weighted by Crippen LogP contribution is 2.14. The standard InChI is InChI=1S/C13H19N5O/c1-4-7-14-12(19)6-5-11-9(2)17-13-15-8-16-18(13)10(11)3/h8H,4-7H2,1-3H3,(H,14,19). The SMILES string of the molecule is CCCNC(=O)CCc1c(C)nc2ncnn2c1C. The van der Waals surface area contributed by atoms with Crippen LogP contribution in [0.3, 0.4) is 0 Å². The Balaban J connectivity index is 2.14. The molecule has 0 saturated heterocycles. The van der Waals surface area contributed by atoms with E-state index >= 15 is 0 Å². The fraction of sp³-hybridized carbons (Fsp3) is 0.538. The maximum atomic E-state index is 11.6. The predicted molar refractivity (Wildman–Crippen MR) is 71.9 cm³/mol. The van der Waals surface area contributed by atoms with Crippen LogP contribution in [-0.2, 0) is 11.2 Å². The number of aromatic nitrogens is 4. The molecule has 0 atom stereocenters. The van der Waals surface area contributed by atoms with Gasteiger partial charge < -0.3 is 5.32 Å². The molecular weight excluding hydrogens is 242 g/mol. The first-order chi connectivity index (χ1) is 9.13. The maximum absolute atomic E-state index is 11.6. The van der Waals surface area contributed by atoms with Crippen molar-refractivity contribution in [3.63, 3.8) is 0 Å². The molecule has 1 N–H and O–H groups in total. The van der Waals surface area contributed by atoms with Crippen molar-refractivity contribution in [3.8, 4) is 0 Å². The number of aryl methyl sites for hydroxylation is 2. The number of fused-ring (bicyclic) bond motifs is 1. The van der Waals surface area contributed by atoms with Crippen molar-refractivity contribution in [1.29, 1.82) is 0 Å². The zero-order chi connectivity index (χ0) is 13.8. The minimum Gasteiger partial charge on any atom is -0.356 e. The molecule has 0 aromatic carbocycles. The van der Waals surface area contributed by atoms with Crippen molar-refractivity contribution in [3.05, 3.63) is 23.3 Å². The monoisotopic (exact) mass is 261 g/mol. The Morgan fingerprint density at radius 3 is 2.95 bits per heavy atom. The third-order valence-electron chi connectivity index (χ3n) is 3.16. The van der Waals surface area contributed by atoms with Crippen LogP contribution < -0.4 is 5.32 Å². The van der Waals surface area contributed by atoms with E-state index in [-0.39, 0.29) is 5.91 Å². The molecule has 0 unspecified atom stereocenters. The minimum atomic E-state index is 0.0827. The second-order valence-electron chi connectivity index (χ2n) is 4.58. The summed E-state index contributed by atoms with van der Waals surface area (Å²) in [7, 11) is 0. The summed E-state index contributed by atoms with van der Waals surface area (Å²) >= 11 is 0. The van der Waals surface area contributed by atoms with Crippen LogP contribution in [0.2, 0.25) is 0 Å². The first kappa shape index (κ1) is 13.5. The van der Waals surface area contributed by atoms with Crippen LogP contribution in [0.4, 0.5) is 0 Å². The molecule has 2 rings (SSSR count). The molecule has 6 heteroatoms. The molecule has 19 heavy (non-hydrogen) atoms. The number of amides is 1. The van der Waals surface area contributed by atoms with E-state index in [0.717, 1.165) is 29.9 Å². The number of nitrogens with zero attached hydrogens (tertiary/aromatic N) is 4. The second-order valence-corrected chi connectivity index (χ2v) is 4.58. The lowest BCUT2D eigenvalue weighted by atomic mass is 10.1. The number of nitrogens with one attached hydrogen (secondary N) is 1. The third-order valence-corrected chi connectivity index (χ3v) is 3.16. The summed E-state index contributed by atoms with van der Waals surface area (Å²) in [5.41, 5.74) is 2.99. The van der Waals surface area contributed by atoms with Gasteiger partial charge in [-0.15, -0.1) is 0 Å². The van der Waals surface area contributed by atoms with Crippen molar-refractivity contribution < 1.29 is 4.79 Å². The summed E-state index contributed by atoms with van der Waals surface area (Å²) in [5, 5.41) is 7.02. The van der Waals surface area contributed by atoms with Crippen molar-refractivity contribution >= 4 is 11.7 Å². The number of hydrogen-bond donors (Lipinski definition) is 1. The van der Waals surface area contributed by atoms with Crippen LogP contribution in [0.5, 0.6) is 0 Å². The van der Waals surface area contributed by atoms with E-state index in [1.54, 1.807) is 4.52 Å². The second kappa shape index (κ2) is 5.77. The zero-order valence-corrected chi connectivity index (χ0v) is 11.6. The van der Waals surface area contributed by atoms with E-state index in [9.17, 15) is 4.79 Å². The van der Waals surface area contributed by atoms with E-state index in [2.05, 4.69) is 20.4 Å².